The molecule has 0 saturated carbocycles. The molecule has 2 aromatic carbocycles. The van der Waals surface area contributed by atoms with Crippen molar-refractivity contribution in [2.45, 2.75) is 72.0 Å². The van der Waals surface area contributed by atoms with Gasteiger partial charge in [0.15, 0.2) is 0 Å². The molecule has 0 aliphatic carbocycles. The molecule has 4 nitrogen and oxygen atoms in total. The van der Waals surface area contributed by atoms with Crippen LogP contribution < -0.4 is 5.32 Å². The van der Waals surface area contributed by atoms with Gasteiger partial charge < -0.3 is 10.2 Å². The molecule has 162 valence electrons. The molecular formula is C25H33ClN2O2. The number of halogens is 1. The van der Waals surface area contributed by atoms with E-state index in [4.69, 9.17) is 11.6 Å². The van der Waals surface area contributed by atoms with E-state index >= 15 is 0 Å². The van der Waals surface area contributed by atoms with E-state index in [0.29, 0.717) is 30.8 Å². The highest BCUT2D eigenvalue weighted by Gasteiger charge is 2.30. The minimum absolute atomic E-state index is 0.0264. The summed E-state index contributed by atoms with van der Waals surface area (Å²) in [4.78, 5) is 27.9. The molecule has 0 saturated heterocycles. The number of benzene rings is 2. The molecule has 2 rings (SSSR count). The van der Waals surface area contributed by atoms with Gasteiger partial charge in [-0.15, -0.1) is 0 Å². The monoisotopic (exact) mass is 428 g/mol. The van der Waals surface area contributed by atoms with Crippen LogP contribution in [0.3, 0.4) is 0 Å². The molecule has 1 unspecified atom stereocenters. The van der Waals surface area contributed by atoms with Crippen molar-refractivity contribution in [1.82, 2.24) is 10.2 Å². The van der Waals surface area contributed by atoms with E-state index in [1.807, 2.05) is 58.9 Å². The Labute approximate surface area is 185 Å². The first-order valence-corrected chi connectivity index (χ1v) is 10.9. The van der Waals surface area contributed by atoms with E-state index in [-0.39, 0.29) is 17.4 Å². The summed E-state index contributed by atoms with van der Waals surface area (Å²) >= 11 is 6.01. The van der Waals surface area contributed by atoms with Crippen LogP contribution in [0.1, 0.15) is 57.2 Å². The van der Waals surface area contributed by atoms with E-state index in [1.54, 1.807) is 4.90 Å². The number of hydrogen-bond acceptors (Lipinski definition) is 2. The Morgan fingerprint density at radius 2 is 1.57 bits per heavy atom. The maximum absolute atomic E-state index is 13.2. The van der Waals surface area contributed by atoms with Crippen LogP contribution in [0, 0.1) is 6.92 Å². The molecule has 0 aromatic heterocycles. The van der Waals surface area contributed by atoms with Crippen LogP contribution in [0.25, 0.3) is 0 Å². The Morgan fingerprint density at radius 3 is 2.10 bits per heavy atom. The highest BCUT2D eigenvalue weighted by molar-refractivity contribution is 6.30. The number of amides is 2. The van der Waals surface area contributed by atoms with Gasteiger partial charge >= 0.3 is 0 Å². The molecule has 2 amide bonds. The van der Waals surface area contributed by atoms with Gasteiger partial charge in [-0.1, -0.05) is 60.5 Å². The van der Waals surface area contributed by atoms with Crippen molar-refractivity contribution in [2.24, 2.45) is 0 Å². The van der Waals surface area contributed by atoms with Crippen LogP contribution in [0.2, 0.25) is 5.02 Å². The summed E-state index contributed by atoms with van der Waals surface area (Å²) in [5.41, 5.74) is 2.90. The number of aryl methyl sites for hydroxylation is 2. The molecule has 0 fully saturated rings. The van der Waals surface area contributed by atoms with Crippen molar-refractivity contribution in [3.05, 3.63) is 70.2 Å². The molecule has 0 heterocycles. The molecule has 30 heavy (non-hydrogen) atoms. The second-order valence-electron chi connectivity index (χ2n) is 8.80. The van der Waals surface area contributed by atoms with Crippen LogP contribution in [0.15, 0.2) is 48.5 Å². The van der Waals surface area contributed by atoms with Crippen LogP contribution in [0.4, 0.5) is 0 Å². The molecule has 0 bridgehead atoms. The Morgan fingerprint density at radius 1 is 1.00 bits per heavy atom. The molecule has 1 N–H and O–H groups in total. The number of nitrogens with one attached hydrogen (secondary N) is 1. The standard InChI is InChI=1S/C25H33ClN2O2/c1-6-22(24(30)27-25(3,4)5)28(17-20-11-14-21(26)15-12-20)23(29)16-13-19-9-7-18(2)8-10-19/h7-12,14-15,22H,6,13,16-17H2,1-5H3,(H,27,30). The third kappa shape index (κ3) is 7.49. The highest BCUT2D eigenvalue weighted by atomic mass is 35.5. The van der Waals surface area contributed by atoms with Crippen molar-refractivity contribution in [3.63, 3.8) is 0 Å². The molecule has 0 spiro atoms. The maximum atomic E-state index is 13.2. The van der Waals surface area contributed by atoms with Gasteiger partial charge in [-0.2, -0.15) is 0 Å². The van der Waals surface area contributed by atoms with E-state index < -0.39 is 6.04 Å². The van der Waals surface area contributed by atoms with Gasteiger partial charge in [-0.3, -0.25) is 9.59 Å². The Balaban J connectivity index is 2.21. The normalized spacial score (nSPS) is 12.3. The fourth-order valence-electron chi connectivity index (χ4n) is 3.31. The number of rotatable bonds is 8. The van der Waals surface area contributed by atoms with Gasteiger partial charge in [-0.05, 0) is 63.8 Å². The third-order valence-corrected chi connectivity index (χ3v) is 5.15. The van der Waals surface area contributed by atoms with Crippen molar-refractivity contribution < 1.29 is 9.59 Å². The maximum Gasteiger partial charge on any atom is 0.243 e. The zero-order valence-electron chi connectivity index (χ0n) is 18.7. The zero-order valence-corrected chi connectivity index (χ0v) is 19.4. The largest absolute Gasteiger partial charge is 0.350 e. The SMILES string of the molecule is CCC(C(=O)NC(C)(C)C)N(Cc1ccc(Cl)cc1)C(=O)CCc1ccc(C)cc1. The minimum Gasteiger partial charge on any atom is -0.350 e. The first-order chi connectivity index (χ1) is 14.1. The second kappa shape index (κ2) is 10.6. The smallest absolute Gasteiger partial charge is 0.243 e. The number of nitrogens with zero attached hydrogens (tertiary/aromatic N) is 1. The molecule has 0 radical (unpaired) electrons. The second-order valence-corrected chi connectivity index (χ2v) is 9.23. The Hall–Kier alpha value is -2.33. The van der Waals surface area contributed by atoms with Crippen molar-refractivity contribution in [3.8, 4) is 0 Å². The average molecular weight is 429 g/mol. The van der Waals surface area contributed by atoms with Crippen molar-refractivity contribution in [1.29, 1.82) is 0 Å². The first-order valence-electron chi connectivity index (χ1n) is 10.5. The summed E-state index contributed by atoms with van der Waals surface area (Å²) in [6.07, 6.45) is 1.55. The Kier molecular flexibility index (Phi) is 8.48. The summed E-state index contributed by atoms with van der Waals surface area (Å²) in [6, 6.07) is 15.1. The predicted molar refractivity (Wildman–Crippen MR) is 123 cm³/mol. The zero-order chi connectivity index (χ0) is 22.3. The molecule has 1 atom stereocenters. The summed E-state index contributed by atoms with van der Waals surface area (Å²) in [7, 11) is 0. The van der Waals surface area contributed by atoms with Crippen LogP contribution in [-0.4, -0.2) is 28.3 Å². The van der Waals surface area contributed by atoms with E-state index in [9.17, 15) is 9.59 Å². The predicted octanol–water partition coefficient (Wildman–Crippen LogP) is 5.30. The van der Waals surface area contributed by atoms with E-state index in [0.717, 1.165) is 11.1 Å². The lowest BCUT2D eigenvalue weighted by atomic mass is 10.0. The molecule has 2 aromatic rings. The number of hydrogen-bond donors (Lipinski definition) is 1. The van der Waals surface area contributed by atoms with Gasteiger partial charge in [0, 0.05) is 23.5 Å². The summed E-state index contributed by atoms with van der Waals surface area (Å²) < 4.78 is 0. The fourth-order valence-corrected chi connectivity index (χ4v) is 3.43. The molecule has 0 aliphatic rings. The minimum atomic E-state index is -0.523. The summed E-state index contributed by atoms with van der Waals surface area (Å²) in [6.45, 7) is 10.2. The summed E-state index contributed by atoms with van der Waals surface area (Å²) in [5, 5.41) is 3.67. The fraction of sp³-hybridized carbons (Fsp3) is 0.440. The van der Waals surface area contributed by atoms with E-state index in [1.165, 1.54) is 5.56 Å². The van der Waals surface area contributed by atoms with Gasteiger partial charge in [0.1, 0.15) is 6.04 Å². The van der Waals surface area contributed by atoms with Gasteiger partial charge in [0.2, 0.25) is 11.8 Å². The third-order valence-electron chi connectivity index (χ3n) is 4.90. The van der Waals surface area contributed by atoms with Gasteiger partial charge in [0.25, 0.3) is 0 Å². The van der Waals surface area contributed by atoms with Crippen molar-refractivity contribution in [2.75, 3.05) is 0 Å². The van der Waals surface area contributed by atoms with Gasteiger partial charge in [-0.25, -0.2) is 0 Å². The average Bonchev–Trinajstić information content (AvgIpc) is 2.67. The lowest BCUT2D eigenvalue weighted by Gasteiger charge is -2.33. The highest BCUT2D eigenvalue weighted by Crippen LogP contribution is 2.18. The number of carbonyl (C=O) groups is 2. The van der Waals surface area contributed by atoms with Gasteiger partial charge in [0.05, 0.1) is 0 Å². The molecule has 0 aliphatic heterocycles. The summed E-state index contributed by atoms with van der Waals surface area (Å²) in [5.74, 6) is -0.149. The van der Waals surface area contributed by atoms with Crippen LogP contribution in [0.5, 0.6) is 0 Å². The van der Waals surface area contributed by atoms with Crippen molar-refractivity contribution >= 4 is 23.4 Å². The quantitative estimate of drug-likeness (QED) is 0.619. The lowest BCUT2D eigenvalue weighted by molar-refractivity contribution is -0.142. The first kappa shape index (κ1) is 23.9. The lowest BCUT2D eigenvalue weighted by Crippen LogP contribution is -2.53. The molecule has 5 heteroatoms. The van der Waals surface area contributed by atoms with E-state index in [2.05, 4.69) is 29.6 Å². The molecular weight excluding hydrogens is 396 g/mol. The Bertz CT molecular complexity index is 839. The number of carbonyl (C=O) groups excluding carboxylic acids is 2. The van der Waals surface area contributed by atoms with Crippen LogP contribution in [-0.2, 0) is 22.6 Å². The topological polar surface area (TPSA) is 49.4 Å². The van der Waals surface area contributed by atoms with Crippen LogP contribution >= 0.6 is 11.6 Å².